The third-order valence-corrected chi connectivity index (χ3v) is 4.98. The molecule has 1 N–H and O–H groups in total. The van der Waals surface area contributed by atoms with Gasteiger partial charge in [-0.3, -0.25) is 19.2 Å². The molecule has 13 heteroatoms. The second-order valence-electron chi connectivity index (χ2n) is 10.7. The molecule has 0 aromatic heterocycles. The van der Waals surface area contributed by atoms with E-state index in [0.29, 0.717) is 11.4 Å². The van der Waals surface area contributed by atoms with Gasteiger partial charge in [0.05, 0.1) is 14.2 Å². The Labute approximate surface area is 260 Å². The predicted molar refractivity (Wildman–Crippen MR) is 163 cm³/mol. The van der Waals surface area contributed by atoms with Crippen LogP contribution in [0.1, 0.15) is 41.5 Å². The van der Waals surface area contributed by atoms with Gasteiger partial charge in [0.2, 0.25) is 0 Å². The van der Waals surface area contributed by atoms with E-state index in [9.17, 15) is 28.0 Å². The van der Waals surface area contributed by atoms with Gasteiger partial charge >= 0.3 is 23.9 Å². The van der Waals surface area contributed by atoms with Crippen LogP contribution < -0.4 is 10.2 Å². The molecule has 2 aromatic carbocycles. The van der Waals surface area contributed by atoms with E-state index in [1.807, 2.05) is 20.8 Å². The van der Waals surface area contributed by atoms with Crippen LogP contribution in [0, 0.1) is 11.6 Å². The number of esters is 4. The average Bonchev–Trinajstić information content (AvgIpc) is 2.91. The number of ether oxygens (including phenoxy) is 4. The summed E-state index contributed by atoms with van der Waals surface area (Å²) in [5.41, 5.74) is 0.251. The van der Waals surface area contributed by atoms with E-state index in [4.69, 9.17) is 9.47 Å². The summed E-state index contributed by atoms with van der Waals surface area (Å²) in [4.78, 5) is 46.1. The van der Waals surface area contributed by atoms with Gasteiger partial charge in [0, 0.05) is 11.4 Å². The number of benzene rings is 2. The normalized spacial score (nSPS) is 10.5. The van der Waals surface area contributed by atoms with Crippen LogP contribution in [0.15, 0.2) is 48.5 Å². The first kappa shape index (κ1) is 39.3. The minimum absolute atomic E-state index is 0.0854. The lowest BCUT2D eigenvalue weighted by Gasteiger charge is -2.25. The van der Waals surface area contributed by atoms with Crippen molar-refractivity contribution in [2.45, 2.75) is 52.7 Å². The number of carbonyl (C=O) groups excluding carboxylic acids is 4. The maximum atomic E-state index is 13.0. The number of nitrogens with one attached hydrogen (secondary N) is 1. The second kappa shape index (κ2) is 19.4. The molecule has 0 heterocycles. The minimum Gasteiger partial charge on any atom is -0.468 e. The zero-order chi connectivity index (χ0) is 33.2. The Morgan fingerprint density at radius 2 is 1.12 bits per heavy atom. The molecule has 2 rings (SSSR count). The van der Waals surface area contributed by atoms with Gasteiger partial charge in [0.15, 0.2) is 0 Å². The van der Waals surface area contributed by atoms with E-state index >= 15 is 0 Å². The van der Waals surface area contributed by atoms with Gasteiger partial charge in [-0.15, -0.1) is 0 Å². The highest BCUT2D eigenvalue weighted by atomic mass is 79.9. The Morgan fingerprint density at radius 3 is 1.51 bits per heavy atom. The highest BCUT2D eigenvalue weighted by Gasteiger charge is 2.21. The Kier molecular flexibility index (Phi) is 17.8. The first-order valence-corrected chi connectivity index (χ1v) is 14.1. The molecule has 240 valence electrons. The molecule has 0 saturated carbocycles. The van der Waals surface area contributed by atoms with Crippen LogP contribution in [0.5, 0.6) is 0 Å². The van der Waals surface area contributed by atoms with Crippen LogP contribution in [0.2, 0.25) is 0 Å². The van der Waals surface area contributed by atoms with Crippen molar-refractivity contribution in [2.24, 2.45) is 0 Å². The molecule has 0 aliphatic carbocycles. The lowest BCUT2D eigenvalue weighted by molar-refractivity contribution is -0.153. The fourth-order valence-corrected chi connectivity index (χ4v) is 2.94. The molecule has 0 radical (unpaired) electrons. The molecule has 0 fully saturated rings. The average molecular weight is 676 g/mol. The minimum atomic E-state index is -0.614. The number of halogens is 3. The molecule has 0 spiro atoms. The molecular weight excluding hydrogens is 634 g/mol. The summed E-state index contributed by atoms with van der Waals surface area (Å²) < 4.78 is 44.5. The number of rotatable bonds is 9. The molecule has 0 saturated heterocycles. The van der Waals surface area contributed by atoms with Crippen molar-refractivity contribution in [3.05, 3.63) is 60.2 Å². The van der Waals surface area contributed by atoms with Crippen molar-refractivity contribution in [1.82, 2.24) is 0 Å². The predicted octanol–water partition coefficient (Wildman–Crippen LogP) is 5.28. The number of hydrogen-bond acceptors (Lipinski definition) is 10. The number of alkyl halides is 1. The molecule has 0 unspecified atom stereocenters. The van der Waals surface area contributed by atoms with Crippen molar-refractivity contribution >= 4 is 51.2 Å². The highest BCUT2D eigenvalue weighted by molar-refractivity contribution is 9.09. The van der Waals surface area contributed by atoms with E-state index in [1.54, 1.807) is 32.9 Å². The van der Waals surface area contributed by atoms with Crippen LogP contribution in [-0.2, 0) is 38.1 Å². The quantitative estimate of drug-likeness (QED) is 0.214. The molecule has 0 aliphatic rings. The first-order valence-electron chi connectivity index (χ1n) is 13.0. The maximum absolute atomic E-state index is 13.0. The molecule has 0 amide bonds. The van der Waals surface area contributed by atoms with Gasteiger partial charge in [-0.05, 0) is 90.1 Å². The van der Waals surface area contributed by atoms with Gasteiger partial charge in [-0.2, -0.15) is 0 Å². The summed E-state index contributed by atoms with van der Waals surface area (Å²) in [5.74, 6) is -2.25. The third kappa shape index (κ3) is 20.7. The molecule has 0 bridgehead atoms. The largest absolute Gasteiger partial charge is 0.468 e. The number of hydrogen-bond donors (Lipinski definition) is 1. The van der Waals surface area contributed by atoms with E-state index in [-0.39, 0.29) is 48.3 Å². The van der Waals surface area contributed by atoms with Crippen LogP contribution >= 0.6 is 15.9 Å². The monoisotopic (exact) mass is 674 g/mol. The van der Waals surface area contributed by atoms with Gasteiger partial charge in [0.1, 0.15) is 47.8 Å². The third-order valence-electron chi connectivity index (χ3n) is 4.52. The Balaban J connectivity index is 0.000000682. The van der Waals surface area contributed by atoms with E-state index in [0.717, 1.165) is 0 Å². The second-order valence-corrected chi connectivity index (χ2v) is 11.2. The molecule has 2 aromatic rings. The number of methoxy groups -OCH3 is 2. The van der Waals surface area contributed by atoms with Crippen molar-refractivity contribution in [2.75, 3.05) is 49.4 Å². The molecule has 0 atom stereocenters. The summed E-state index contributed by atoms with van der Waals surface area (Å²) in [7, 11) is 2.58. The zero-order valence-electron chi connectivity index (χ0n) is 25.8. The van der Waals surface area contributed by atoms with Gasteiger partial charge in [-0.1, -0.05) is 15.9 Å². The molecular formula is C30H41BrF2N2O8. The maximum Gasteiger partial charge on any atom is 0.326 e. The fourth-order valence-electron chi connectivity index (χ4n) is 2.82. The van der Waals surface area contributed by atoms with Crippen molar-refractivity contribution < 1.29 is 46.9 Å². The Bertz CT molecular complexity index is 1150. The standard InChI is InChI=1S/C15H20FNO4.C9H10FNO2.C6H11BrO2/c1-15(2,3)21-14(19)10-17(9-13(18)20-4)12-7-5-11(16)6-8-12;1-13-9(12)6-11-8-4-2-7(10)3-5-8;1-6(2,3)9-5(8)4-7/h5-8H,9-10H2,1-4H3;2-5,11H,6H2,1H3;4H2,1-3H3. The van der Waals surface area contributed by atoms with E-state index in [1.165, 1.54) is 55.5 Å². The summed E-state index contributed by atoms with van der Waals surface area (Å²) in [5, 5.41) is 3.05. The number of carbonyl (C=O) groups is 4. The van der Waals surface area contributed by atoms with Crippen LogP contribution in [0.3, 0.4) is 0 Å². The Hall–Kier alpha value is -3.74. The van der Waals surface area contributed by atoms with Gasteiger partial charge in [0.25, 0.3) is 0 Å². The lowest BCUT2D eigenvalue weighted by Crippen LogP contribution is -2.38. The number of nitrogens with zero attached hydrogens (tertiary/aromatic N) is 1. The van der Waals surface area contributed by atoms with Crippen LogP contribution in [-0.4, -0.2) is 74.3 Å². The summed E-state index contributed by atoms with van der Waals surface area (Å²) >= 11 is 2.99. The smallest absolute Gasteiger partial charge is 0.326 e. The highest BCUT2D eigenvalue weighted by Crippen LogP contribution is 2.16. The molecule has 43 heavy (non-hydrogen) atoms. The van der Waals surface area contributed by atoms with E-state index < -0.39 is 23.4 Å². The lowest BCUT2D eigenvalue weighted by atomic mass is 10.2. The fraction of sp³-hybridized carbons (Fsp3) is 0.467. The molecule has 0 aliphatic heterocycles. The first-order chi connectivity index (χ1) is 19.9. The molecule has 10 nitrogen and oxygen atoms in total. The van der Waals surface area contributed by atoms with Crippen molar-refractivity contribution in [3.8, 4) is 0 Å². The van der Waals surface area contributed by atoms with E-state index in [2.05, 4.69) is 30.7 Å². The van der Waals surface area contributed by atoms with Crippen molar-refractivity contribution in [3.63, 3.8) is 0 Å². The van der Waals surface area contributed by atoms with Crippen molar-refractivity contribution in [1.29, 1.82) is 0 Å². The zero-order valence-corrected chi connectivity index (χ0v) is 27.4. The van der Waals surface area contributed by atoms with Gasteiger partial charge in [-0.25, -0.2) is 8.78 Å². The Morgan fingerprint density at radius 1 is 0.698 bits per heavy atom. The van der Waals surface area contributed by atoms with Gasteiger partial charge < -0.3 is 29.2 Å². The van der Waals surface area contributed by atoms with Crippen LogP contribution in [0.25, 0.3) is 0 Å². The van der Waals surface area contributed by atoms with Crippen LogP contribution in [0.4, 0.5) is 20.2 Å². The number of anilines is 2. The summed E-state index contributed by atoms with van der Waals surface area (Å²) in [6.07, 6.45) is 0. The summed E-state index contributed by atoms with van der Waals surface area (Å²) in [6, 6.07) is 11.2. The summed E-state index contributed by atoms with van der Waals surface area (Å²) in [6.45, 7) is 10.6. The topological polar surface area (TPSA) is 120 Å². The SMILES string of the molecule is CC(C)(C)OC(=O)CBr.COC(=O)CN(CC(=O)OC(C)(C)C)c1ccc(F)cc1.COC(=O)CNc1ccc(F)cc1.